The van der Waals surface area contributed by atoms with Crippen LogP contribution in [0.1, 0.15) is 53.0 Å². The smallest absolute Gasteiger partial charge is 0.238 e. The predicted octanol–water partition coefficient (Wildman–Crippen LogP) is 17.0. The third-order valence-corrected chi connectivity index (χ3v) is 15.7. The minimum Gasteiger partial charge on any atom is -0.309 e. The monoisotopic (exact) mass is 903 g/mol. The first-order valence-corrected chi connectivity index (χ1v) is 24.7. The molecule has 8 aromatic carbocycles. The van der Waals surface area contributed by atoms with Gasteiger partial charge in [0.25, 0.3) is 0 Å². The van der Waals surface area contributed by atoms with Crippen LogP contribution in [0.5, 0.6) is 0 Å². The van der Waals surface area contributed by atoms with Crippen LogP contribution in [0, 0.1) is 16.7 Å². The van der Waals surface area contributed by atoms with Crippen molar-refractivity contribution in [1.29, 1.82) is 0 Å². The van der Waals surface area contributed by atoms with Crippen LogP contribution in [0.3, 0.4) is 0 Å². The molecule has 0 aliphatic heterocycles. The average Bonchev–Trinajstić information content (AvgIpc) is 3.77. The van der Waals surface area contributed by atoms with Crippen LogP contribution in [0.15, 0.2) is 211 Å². The molecular weight excluding hydrogens is 851 g/mol. The summed E-state index contributed by atoms with van der Waals surface area (Å²) in [6, 6.07) is 65.4. The van der Waals surface area contributed by atoms with Gasteiger partial charge in [-0.15, -0.1) is 0 Å². The van der Waals surface area contributed by atoms with Crippen molar-refractivity contribution in [2.24, 2.45) is 16.7 Å². The van der Waals surface area contributed by atoms with Gasteiger partial charge in [0.2, 0.25) is 5.95 Å². The molecule has 0 bridgehead atoms. The number of hydrogen-bond acceptors (Lipinski definition) is 3. The van der Waals surface area contributed by atoms with Crippen molar-refractivity contribution in [3.8, 4) is 45.5 Å². The molecule has 5 heteroatoms. The van der Waals surface area contributed by atoms with Crippen LogP contribution in [0.2, 0.25) is 0 Å². The first-order valence-electron chi connectivity index (χ1n) is 24.7. The Bertz CT molecular complexity index is 4000. The molecule has 11 aromatic rings. The molecule has 0 amide bonds. The number of aromatic nitrogens is 5. The van der Waals surface area contributed by atoms with Crippen LogP contribution >= 0.6 is 0 Å². The lowest BCUT2D eigenvalue weighted by Crippen LogP contribution is -2.36. The highest BCUT2D eigenvalue weighted by Gasteiger charge is 2.42. The van der Waals surface area contributed by atoms with Crippen molar-refractivity contribution in [3.63, 3.8) is 0 Å². The van der Waals surface area contributed by atoms with Crippen molar-refractivity contribution in [2.75, 3.05) is 0 Å². The third-order valence-electron chi connectivity index (χ3n) is 15.7. The first kappa shape index (κ1) is 42.0. The Morgan fingerprint density at radius 2 is 1.09 bits per heavy atom. The van der Waals surface area contributed by atoms with E-state index < -0.39 is 0 Å². The molecule has 13 rings (SSSR count). The van der Waals surface area contributed by atoms with E-state index in [1.165, 1.54) is 50.6 Å². The zero-order chi connectivity index (χ0) is 47.3. The van der Waals surface area contributed by atoms with Gasteiger partial charge in [0, 0.05) is 38.4 Å². The second kappa shape index (κ2) is 16.0. The molecule has 0 saturated heterocycles. The van der Waals surface area contributed by atoms with E-state index in [9.17, 15) is 0 Å². The average molecular weight is 904 g/mol. The molecule has 3 heterocycles. The van der Waals surface area contributed by atoms with Gasteiger partial charge in [-0.05, 0) is 110 Å². The number of allylic oxidation sites excluding steroid dienone is 6. The summed E-state index contributed by atoms with van der Waals surface area (Å²) in [5.74, 6) is 2.45. The minimum absolute atomic E-state index is 0.125. The molecule has 0 radical (unpaired) electrons. The summed E-state index contributed by atoms with van der Waals surface area (Å²) in [5, 5.41) is 6.93. The zero-order valence-corrected chi connectivity index (χ0v) is 40.3. The van der Waals surface area contributed by atoms with Gasteiger partial charge in [-0.1, -0.05) is 198 Å². The molecule has 0 N–H and O–H groups in total. The lowest BCUT2D eigenvalue weighted by atomic mass is 9.58. The molecular formula is C65H53N5. The Kier molecular flexibility index (Phi) is 9.58. The van der Waals surface area contributed by atoms with Crippen LogP contribution in [0.25, 0.3) is 105 Å². The van der Waals surface area contributed by atoms with Crippen LogP contribution in [-0.4, -0.2) is 24.1 Å². The van der Waals surface area contributed by atoms with E-state index in [1.807, 2.05) is 18.2 Å². The molecule has 2 aliphatic carbocycles. The number of para-hydroxylation sites is 2. The molecule has 5 nitrogen and oxygen atoms in total. The van der Waals surface area contributed by atoms with E-state index in [0.717, 1.165) is 66.8 Å². The van der Waals surface area contributed by atoms with Crippen molar-refractivity contribution in [1.82, 2.24) is 24.1 Å². The highest BCUT2D eigenvalue weighted by molar-refractivity contribution is 6.19. The highest BCUT2D eigenvalue weighted by Crippen LogP contribution is 2.54. The Hall–Kier alpha value is -8.15. The molecule has 0 saturated carbocycles. The van der Waals surface area contributed by atoms with Gasteiger partial charge in [0.15, 0.2) is 11.6 Å². The standard InChI is InChI=1S/C65H53N5/c1-41-40-64(2,3)56-37-47(23-17-29-55(56)65(41,4)5)43-34-32-42(33-35-43)46-22-15-24-48(36-46)69-57-30-13-11-26-50(57)53-38-54-51-27-12-14-31-58(51)70(60(54)39-59(53)69)63-67-61(45-19-7-6-8-20-45)66-62(68-63)52-28-16-21-44-18-9-10-25-49(44)52/h6-22,24-39,41H,23,40H2,1-5H3. The lowest BCUT2D eigenvalue weighted by Gasteiger charge is -2.46. The van der Waals surface area contributed by atoms with Gasteiger partial charge in [0.05, 0.1) is 22.1 Å². The SMILES string of the molecule is CC1CC(C)(C)C2=C(C=CCC(c3ccc(-c4cccc(-n5c6ccccc6c6cc7c8ccccc8n(-c8nc(-c9ccccc9)nc(-c9cccc%10ccccc9%10)n8)c7cc65)c4)cc3)=C2)C1(C)C. The summed E-state index contributed by atoms with van der Waals surface area (Å²) in [7, 11) is 0. The third kappa shape index (κ3) is 6.70. The fraction of sp³-hybridized carbons (Fsp3) is 0.154. The van der Waals surface area contributed by atoms with E-state index in [2.05, 4.69) is 226 Å². The van der Waals surface area contributed by atoms with E-state index in [1.54, 1.807) is 0 Å². The van der Waals surface area contributed by atoms with Crippen molar-refractivity contribution in [3.05, 3.63) is 217 Å². The molecule has 70 heavy (non-hydrogen) atoms. The summed E-state index contributed by atoms with van der Waals surface area (Å²) in [6.45, 7) is 12.1. The summed E-state index contributed by atoms with van der Waals surface area (Å²) >= 11 is 0. The zero-order valence-electron chi connectivity index (χ0n) is 40.3. The van der Waals surface area contributed by atoms with Crippen molar-refractivity contribution >= 4 is 60.0 Å². The topological polar surface area (TPSA) is 48.5 Å². The second-order valence-electron chi connectivity index (χ2n) is 20.7. The summed E-state index contributed by atoms with van der Waals surface area (Å²) in [5.41, 5.74) is 15.6. The number of nitrogens with zero attached hydrogens (tertiary/aromatic N) is 5. The fourth-order valence-electron chi connectivity index (χ4n) is 11.8. The largest absolute Gasteiger partial charge is 0.309 e. The molecule has 3 aromatic heterocycles. The van der Waals surface area contributed by atoms with E-state index in [4.69, 9.17) is 15.0 Å². The minimum atomic E-state index is 0.125. The Morgan fingerprint density at radius 1 is 0.471 bits per heavy atom. The molecule has 1 unspecified atom stereocenters. The van der Waals surface area contributed by atoms with Crippen molar-refractivity contribution < 1.29 is 0 Å². The predicted molar refractivity (Wildman–Crippen MR) is 292 cm³/mol. The summed E-state index contributed by atoms with van der Waals surface area (Å²) in [6.07, 6.45) is 9.44. The van der Waals surface area contributed by atoms with Gasteiger partial charge in [-0.3, -0.25) is 4.57 Å². The number of hydrogen-bond donors (Lipinski definition) is 0. The maximum absolute atomic E-state index is 5.37. The Labute approximate surface area is 408 Å². The van der Waals surface area contributed by atoms with Crippen LogP contribution in [0.4, 0.5) is 0 Å². The van der Waals surface area contributed by atoms with Crippen molar-refractivity contribution in [2.45, 2.75) is 47.5 Å². The van der Waals surface area contributed by atoms with E-state index in [-0.39, 0.29) is 10.8 Å². The molecule has 0 spiro atoms. The molecule has 2 aliphatic rings. The lowest BCUT2D eigenvalue weighted by molar-refractivity contribution is 0.182. The van der Waals surface area contributed by atoms with E-state index in [0.29, 0.717) is 23.5 Å². The summed E-state index contributed by atoms with van der Waals surface area (Å²) < 4.78 is 4.66. The molecule has 338 valence electrons. The van der Waals surface area contributed by atoms with E-state index >= 15 is 0 Å². The Morgan fingerprint density at radius 3 is 1.86 bits per heavy atom. The van der Waals surface area contributed by atoms with Gasteiger partial charge in [-0.25, -0.2) is 4.98 Å². The Balaban J connectivity index is 0.964. The maximum Gasteiger partial charge on any atom is 0.238 e. The van der Waals surface area contributed by atoms with Gasteiger partial charge < -0.3 is 4.57 Å². The van der Waals surface area contributed by atoms with Crippen LogP contribution in [-0.2, 0) is 0 Å². The number of rotatable bonds is 6. The van der Waals surface area contributed by atoms with Gasteiger partial charge in [-0.2, -0.15) is 9.97 Å². The van der Waals surface area contributed by atoms with Gasteiger partial charge in [0.1, 0.15) is 0 Å². The highest BCUT2D eigenvalue weighted by atomic mass is 15.2. The molecule has 1 atom stereocenters. The van der Waals surface area contributed by atoms with Crippen LogP contribution < -0.4 is 0 Å². The summed E-state index contributed by atoms with van der Waals surface area (Å²) in [4.78, 5) is 15.8. The maximum atomic E-state index is 5.37. The first-order chi connectivity index (χ1) is 34.1. The van der Waals surface area contributed by atoms with Gasteiger partial charge >= 0.3 is 0 Å². The number of benzene rings is 8. The molecule has 0 fully saturated rings. The normalized spacial score (nSPS) is 16.6. The number of fused-ring (bicyclic) bond motifs is 7. The second-order valence-corrected chi connectivity index (χ2v) is 20.7. The fourth-order valence-corrected chi connectivity index (χ4v) is 11.8. The quantitative estimate of drug-likeness (QED) is 0.167.